The molecule has 2 saturated heterocycles. The number of nitrogens with zero attached hydrogens (tertiary/aromatic N) is 4. The van der Waals surface area contributed by atoms with Gasteiger partial charge in [0, 0.05) is 55.3 Å². The van der Waals surface area contributed by atoms with Crippen molar-refractivity contribution in [2.75, 3.05) is 26.2 Å². The Balaban J connectivity index is 1.31. The third kappa shape index (κ3) is 6.55. The van der Waals surface area contributed by atoms with Crippen molar-refractivity contribution in [3.8, 4) is 5.69 Å². The fourth-order valence-corrected chi connectivity index (χ4v) is 6.55. The Hall–Kier alpha value is -2.82. The zero-order valence-corrected chi connectivity index (χ0v) is 24.5. The van der Waals surface area contributed by atoms with E-state index in [-0.39, 0.29) is 23.3 Å². The molecule has 0 radical (unpaired) electrons. The van der Waals surface area contributed by atoms with Crippen LogP contribution >= 0.6 is 0 Å². The first-order valence-electron chi connectivity index (χ1n) is 14.6. The van der Waals surface area contributed by atoms with Gasteiger partial charge in [0.2, 0.25) is 0 Å². The van der Waals surface area contributed by atoms with Gasteiger partial charge >= 0.3 is 6.18 Å². The maximum Gasteiger partial charge on any atom is 0.416 e. The summed E-state index contributed by atoms with van der Waals surface area (Å²) >= 11 is 0. The quantitative estimate of drug-likeness (QED) is 0.329. The smallest absolute Gasteiger partial charge is 0.378 e. The molecule has 3 aromatic rings. The Bertz CT molecular complexity index is 1390. The predicted octanol–water partition coefficient (Wildman–Crippen LogP) is 6.88. The van der Waals surface area contributed by atoms with Gasteiger partial charge in [-0.15, -0.1) is 0 Å². The SMILES string of the molecule is Cc1cc(C2CCN(C(O)[C@H]3C[C@H](c4ccc(F)cc4F)CN(C(C)(C)C)C3)CC2)n(-c2cccc(C(F)(F)F)c2)n1. The van der Waals surface area contributed by atoms with Crippen molar-refractivity contribution in [2.24, 2.45) is 5.92 Å². The molecule has 0 spiro atoms. The molecule has 42 heavy (non-hydrogen) atoms. The summed E-state index contributed by atoms with van der Waals surface area (Å²) in [4.78, 5) is 4.32. The summed E-state index contributed by atoms with van der Waals surface area (Å²) in [6.45, 7) is 10.6. The van der Waals surface area contributed by atoms with Crippen LogP contribution in [0.2, 0.25) is 0 Å². The van der Waals surface area contributed by atoms with Gasteiger partial charge in [0.15, 0.2) is 0 Å². The summed E-state index contributed by atoms with van der Waals surface area (Å²) in [6.07, 6.45) is -3.17. The Morgan fingerprint density at radius 2 is 1.64 bits per heavy atom. The molecule has 3 atom stereocenters. The maximum absolute atomic E-state index is 14.8. The van der Waals surface area contributed by atoms with Crippen LogP contribution in [0.4, 0.5) is 22.0 Å². The van der Waals surface area contributed by atoms with Gasteiger partial charge in [0.1, 0.15) is 17.9 Å². The number of benzene rings is 2. The summed E-state index contributed by atoms with van der Waals surface area (Å²) in [5.41, 5.74) is 1.53. The molecular formula is C32H39F5N4O. The van der Waals surface area contributed by atoms with Gasteiger partial charge in [-0.05, 0) is 88.8 Å². The molecular weight excluding hydrogens is 551 g/mol. The number of aromatic nitrogens is 2. The zero-order chi connectivity index (χ0) is 30.4. The molecule has 3 heterocycles. The van der Waals surface area contributed by atoms with E-state index < -0.39 is 29.6 Å². The fourth-order valence-electron chi connectivity index (χ4n) is 6.55. The van der Waals surface area contributed by atoms with Crippen molar-refractivity contribution in [3.63, 3.8) is 0 Å². The summed E-state index contributed by atoms with van der Waals surface area (Å²) in [5.74, 6) is -1.41. The summed E-state index contributed by atoms with van der Waals surface area (Å²) < 4.78 is 70.1. The van der Waals surface area contributed by atoms with Crippen LogP contribution in [0.1, 0.15) is 74.4 Å². The van der Waals surface area contributed by atoms with E-state index in [1.165, 1.54) is 18.2 Å². The molecule has 10 heteroatoms. The average molecular weight is 591 g/mol. The van der Waals surface area contributed by atoms with E-state index in [4.69, 9.17) is 0 Å². The largest absolute Gasteiger partial charge is 0.416 e. The van der Waals surface area contributed by atoms with Crippen LogP contribution in [-0.4, -0.2) is 62.6 Å². The molecule has 2 aromatic carbocycles. The molecule has 1 aromatic heterocycles. The van der Waals surface area contributed by atoms with E-state index in [9.17, 15) is 27.1 Å². The second kappa shape index (κ2) is 11.7. The highest BCUT2D eigenvalue weighted by Gasteiger charge is 2.40. The Morgan fingerprint density at radius 3 is 2.29 bits per heavy atom. The Kier molecular flexibility index (Phi) is 8.53. The topological polar surface area (TPSA) is 44.5 Å². The molecule has 2 aliphatic rings. The summed E-state index contributed by atoms with van der Waals surface area (Å²) in [7, 11) is 0. The van der Waals surface area contributed by atoms with Crippen molar-refractivity contribution < 1.29 is 27.1 Å². The van der Waals surface area contributed by atoms with Gasteiger partial charge in [-0.2, -0.15) is 18.3 Å². The van der Waals surface area contributed by atoms with E-state index in [2.05, 4.69) is 35.7 Å². The average Bonchev–Trinajstić information content (AvgIpc) is 3.33. The second-order valence-corrected chi connectivity index (χ2v) is 12.8. The molecule has 5 nitrogen and oxygen atoms in total. The van der Waals surface area contributed by atoms with Crippen LogP contribution in [0.25, 0.3) is 5.69 Å². The monoisotopic (exact) mass is 590 g/mol. The lowest BCUT2D eigenvalue weighted by Gasteiger charge is -2.48. The van der Waals surface area contributed by atoms with Gasteiger partial charge in [0.25, 0.3) is 0 Å². The number of piperidine rings is 2. The van der Waals surface area contributed by atoms with E-state index >= 15 is 0 Å². The van der Waals surface area contributed by atoms with Crippen molar-refractivity contribution >= 4 is 0 Å². The number of aryl methyl sites for hydroxylation is 1. The molecule has 228 valence electrons. The van der Waals surface area contributed by atoms with Crippen LogP contribution < -0.4 is 0 Å². The van der Waals surface area contributed by atoms with Gasteiger partial charge < -0.3 is 5.11 Å². The van der Waals surface area contributed by atoms with Crippen molar-refractivity contribution in [3.05, 3.63) is 82.7 Å². The Labute approximate surface area is 243 Å². The molecule has 0 aliphatic carbocycles. The molecule has 2 fully saturated rings. The molecule has 5 rings (SSSR count). The normalized spacial score (nSPS) is 22.4. The molecule has 1 N–H and O–H groups in total. The number of likely N-dealkylation sites (tertiary alicyclic amines) is 2. The van der Waals surface area contributed by atoms with Crippen LogP contribution in [0.3, 0.4) is 0 Å². The Morgan fingerprint density at radius 1 is 0.929 bits per heavy atom. The minimum Gasteiger partial charge on any atom is -0.378 e. The highest BCUT2D eigenvalue weighted by molar-refractivity contribution is 5.39. The number of hydrogen-bond donors (Lipinski definition) is 1. The minimum atomic E-state index is -4.44. The number of aliphatic hydroxyl groups is 1. The maximum atomic E-state index is 14.8. The van der Waals surface area contributed by atoms with Crippen LogP contribution in [0.15, 0.2) is 48.5 Å². The molecule has 2 aliphatic heterocycles. The van der Waals surface area contributed by atoms with E-state index in [1.807, 2.05) is 13.0 Å². The first-order chi connectivity index (χ1) is 19.7. The second-order valence-electron chi connectivity index (χ2n) is 12.8. The molecule has 0 bridgehead atoms. The standard InChI is InChI=1S/C32H39F5N4O/c1-20-14-29(41(38-20)26-7-5-6-24(16-26)32(35,36)37)21-10-12-39(13-11-21)30(42)23-15-22(18-40(19-23)31(2,3)4)27-9-8-25(33)17-28(27)34/h5-9,14,16-17,21-23,30,42H,10-13,15,18-19H2,1-4H3/t22-,23-,30?/m0/s1. The highest BCUT2D eigenvalue weighted by atomic mass is 19.4. The fraction of sp³-hybridized carbons (Fsp3) is 0.531. The number of aliphatic hydroxyl groups excluding tert-OH is 1. The van der Waals surface area contributed by atoms with E-state index in [0.717, 1.165) is 29.6 Å². The molecule has 0 saturated carbocycles. The third-order valence-corrected chi connectivity index (χ3v) is 8.85. The van der Waals surface area contributed by atoms with Crippen molar-refractivity contribution in [1.29, 1.82) is 0 Å². The first kappa shape index (κ1) is 30.6. The third-order valence-electron chi connectivity index (χ3n) is 8.85. The van der Waals surface area contributed by atoms with E-state index in [0.29, 0.717) is 56.7 Å². The number of rotatable bonds is 5. The first-order valence-corrected chi connectivity index (χ1v) is 14.6. The lowest BCUT2D eigenvalue weighted by Crippen LogP contribution is -2.55. The van der Waals surface area contributed by atoms with E-state index in [1.54, 1.807) is 10.7 Å². The van der Waals surface area contributed by atoms with Crippen LogP contribution in [-0.2, 0) is 6.18 Å². The minimum absolute atomic E-state index is 0.0719. The van der Waals surface area contributed by atoms with Gasteiger partial charge in [0.05, 0.1) is 16.9 Å². The predicted molar refractivity (Wildman–Crippen MR) is 151 cm³/mol. The van der Waals surface area contributed by atoms with Gasteiger partial charge in [-0.25, -0.2) is 13.5 Å². The van der Waals surface area contributed by atoms with Crippen molar-refractivity contribution in [1.82, 2.24) is 19.6 Å². The van der Waals surface area contributed by atoms with Gasteiger partial charge in [-0.3, -0.25) is 9.80 Å². The number of hydrogen-bond acceptors (Lipinski definition) is 4. The highest BCUT2D eigenvalue weighted by Crippen LogP contribution is 2.39. The summed E-state index contributed by atoms with van der Waals surface area (Å²) in [5, 5.41) is 16.1. The number of alkyl halides is 3. The lowest BCUT2D eigenvalue weighted by molar-refractivity contribution is -0.137. The number of halogens is 5. The summed E-state index contributed by atoms with van der Waals surface area (Å²) in [6, 6.07) is 10.9. The molecule has 1 unspecified atom stereocenters. The van der Waals surface area contributed by atoms with Crippen LogP contribution in [0, 0.1) is 24.5 Å². The van der Waals surface area contributed by atoms with Crippen LogP contribution in [0.5, 0.6) is 0 Å². The molecule has 0 amide bonds. The zero-order valence-electron chi connectivity index (χ0n) is 24.5. The lowest BCUT2D eigenvalue weighted by atomic mass is 9.81. The van der Waals surface area contributed by atoms with Crippen molar-refractivity contribution in [2.45, 2.75) is 76.7 Å². The van der Waals surface area contributed by atoms with Gasteiger partial charge in [-0.1, -0.05) is 12.1 Å².